The van der Waals surface area contributed by atoms with Crippen LogP contribution in [0.3, 0.4) is 0 Å². The molecule has 0 saturated carbocycles. The smallest absolute Gasteiger partial charge is 0.790 e. The van der Waals surface area contributed by atoms with Gasteiger partial charge >= 0.3 is 21.1 Å². The molecule has 6 aromatic rings. The number of rotatable bonds is 6. The van der Waals surface area contributed by atoms with E-state index in [0.29, 0.717) is 0 Å². The summed E-state index contributed by atoms with van der Waals surface area (Å²) in [4.78, 5) is 0. The van der Waals surface area contributed by atoms with E-state index in [9.17, 15) is 0 Å². The van der Waals surface area contributed by atoms with Gasteiger partial charge in [0, 0.05) is 0 Å². The van der Waals surface area contributed by atoms with Gasteiger partial charge in [-0.25, -0.2) is 0 Å². The first-order valence-electron chi connectivity index (χ1n) is 15.8. The van der Waals surface area contributed by atoms with Gasteiger partial charge in [0.25, 0.3) is 0 Å². The van der Waals surface area contributed by atoms with Gasteiger partial charge in [0.2, 0.25) is 0 Å². The maximum absolute atomic E-state index is 5.09. The number of hydrogen-bond acceptors (Lipinski definition) is 2. The normalized spacial score (nSPS) is 14.8. The van der Waals surface area contributed by atoms with Crippen LogP contribution < -0.4 is 31.8 Å². The standard InChI is InChI=1S/2C18H15P.C7H10S2.Pt/c2*1-4-10-16(11-5-1)19(17-12-6-2-7-13-17)18-14-8-3-9-15-18;8-6-4-2-1-3-5-7(6)9;/h2*1-15H;1-4,6-9H,5H2;/q;;;+2/p-2/t;;6-,7+;/m..1./s1. The van der Waals surface area contributed by atoms with E-state index in [1.807, 2.05) is 18.2 Å². The van der Waals surface area contributed by atoms with Crippen LogP contribution in [0.2, 0.25) is 0 Å². The molecule has 1 aliphatic carbocycles. The molecule has 0 heterocycles. The first kappa shape index (κ1) is 37.9. The second kappa shape index (κ2) is 21.2. The maximum atomic E-state index is 5.09. The molecule has 0 N–H and O–H groups in total. The zero-order chi connectivity index (χ0) is 32.5. The molecule has 6 aromatic carbocycles. The molecule has 0 fully saturated rings. The van der Waals surface area contributed by atoms with Gasteiger partial charge in [-0.2, -0.15) is 10.5 Å². The Balaban J connectivity index is 0.000000171. The van der Waals surface area contributed by atoms with Crippen molar-refractivity contribution in [2.75, 3.05) is 0 Å². The summed E-state index contributed by atoms with van der Waals surface area (Å²) < 4.78 is 0. The molecule has 0 bridgehead atoms. The van der Waals surface area contributed by atoms with Crippen LogP contribution in [0, 0.1) is 0 Å². The van der Waals surface area contributed by atoms with Gasteiger partial charge in [0.1, 0.15) is 0 Å². The minimum Gasteiger partial charge on any atom is -0.790 e. The summed E-state index contributed by atoms with van der Waals surface area (Å²) in [5, 5.41) is 8.75. The Morgan fingerprint density at radius 3 is 0.875 bits per heavy atom. The molecular weight excluding hydrogens is 838 g/mol. The minimum absolute atomic E-state index is 0. The van der Waals surface area contributed by atoms with E-state index in [4.69, 9.17) is 25.3 Å². The zero-order valence-electron chi connectivity index (χ0n) is 26.5. The summed E-state index contributed by atoms with van der Waals surface area (Å²) in [7, 11) is -0.892. The van der Waals surface area contributed by atoms with Gasteiger partial charge in [0.15, 0.2) is 0 Å². The van der Waals surface area contributed by atoms with E-state index in [1.54, 1.807) is 0 Å². The molecule has 2 atom stereocenters. The van der Waals surface area contributed by atoms with E-state index < -0.39 is 15.8 Å². The molecule has 242 valence electrons. The van der Waals surface area contributed by atoms with Crippen molar-refractivity contribution in [3.63, 3.8) is 0 Å². The molecule has 0 radical (unpaired) electrons. The van der Waals surface area contributed by atoms with Crippen LogP contribution in [0.15, 0.2) is 206 Å². The fourth-order valence-corrected chi connectivity index (χ4v) is 10.1. The van der Waals surface area contributed by atoms with Crippen molar-refractivity contribution in [2.24, 2.45) is 0 Å². The molecule has 0 aromatic heterocycles. The SMILES string of the molecule is [Pt+2].[S-][C@@H]1C=CC=CC[C@@H]1[S-].c1ccc(P(c2ccccc2)c2ccccc2)cc1.c1ccc(P(c2ccccc2)c2ccccc2)cc1. The quantitative estimate of drug-likeness (QED) is 0.122. The predicted octanol–water partition coefficient (Wildman–Crippen LogP) is 8.22. The first-order chi connectivity index (χ1) is 23.2. The molecule has 0 nitrogen and oxygen atoms in total. The molecule has 48 heavy (non-hydrogen) atoms. The average Bonchev–Trinajstić information content (AvgIpc) is 3.34. The Morgan fingerprint density at radius 2 is 0.625 bits per heavy atom. The van der Waals surface area contributed by atoms with Gasteiger partial charge in [0.05, 0.1) is 0 Å². The van der Waals surface area contributed by atoms with Crippen LogP contribution in [0.1, 0.15) is 6.42 Å². The minimum atomic E-state index is -0.446. The van der Waals surface area contributed by atoms with Crippen molar-refractivity contribution >= 4 is 72.9 Å². The van der Waals surface area contributed by atoms with E-state index >= 15 is 0 Å². The van der Waals surface area contributed by atoms with Crippen LogP contribution in [-0.4, -0.2) is 10.5 Å². The van der Waals surface area contributed by atoms with E-state index in [2.05, 4.69) is 188 Å². The third kappa shape index (κ3) is 11.6. The van der Waals surface area contributed by atoms with E-state index in [-0.39, 0.29) is 31.6 Å². The largest absolute Gasteiger partial charge is 2.00 e. The fraction of sp³-hybridized carbons (Fsp3) is 0.0698. The van der Waals surface area contributed by atoms with Gasteiger partial charge in [-0.3, -0.25) is 0 Å². The van der Waals surface area contributed by atoms with Crippen molar-refractivity contribution < 1.29 is 21.1 Å². The van der Waals surface area contributed by atoms with Crippen LogP contribution >= 0.6 is 15.8 Å². The van der Waals surface area contributed by atoms with Crippen molar-refractivity contribution in [3.8, 4) is 0 Å². The molecule has 0 aliphatic heterocycles. The van der Waals surface area contributed by atoms with Gasteiger partial charge in [-0.05, 0) is 47.7 Å². The number of allylic oxidation sites excluding steroid dienone is 3. The van der Waals surface area contributed by atoms with E-state index in [0.717, 1.165) is 6.42 Å². The second-order valence-corrected chi connectivity index (χ2v) is 16.3. The van der Waals surface area contributed by atoms with Crippen LogP contribution in [0.25, 0.3) is 0 Å². The van der Waals surface area contributed by atoms with Crippen molar-refractivity contribution in [2.45, 2.75) is 16.9 Å². The summed E-state index contributed by atoms with van der Waals surface area (Å²) >= 11 is 10.2. The Morgan fingerprint density at radius 1 is 0.375 bits per heavy atom. The second-order valence-electron chi connectivity index (χ2n) is 10.7. The zero-order valence-corrected chi connectivity index (χ0v) is 32.2. The summed E-state index contributed by atoms with van der Waals surface area (Å²) in [5.41, 5.74) is 0. The first-order valence-corrected chi connectivity index (χ1v) is 19.4. The number of benzene rings is 6. The molecule has 0 saturated heterocycles. The predicted molar refractivity (Wildman–Crippen MR) is 215 cm³/mol. The monoisotopic (exact) mass is 875 g/mol. The fourth-order valence-electron chi connectivity index (χ4n) is 5.08. The van der Waals surface area contributed by atoms with Crippen molar-refractivity contribution in [3.05, 3.63) is 206 Å². The molecule has 7 rings (SSSR count). The Labute approximate surface area is 315 Å². The molecule has 0 amide bonds. The Bertz CT molecular complexity index is 1460. The van der Waals surface area contributed by atoms with Crippen LogP contribution in [-0.2, 0) is 46.3 Å². The molecular formula is C43H38P2PtS2. The van der Waals surface area contributed by atoms with Gasteiger partial charge in [-0.15, -0.1) is 6.08 Å². The molecule has 1 aliphatic rings. The number of hydrogen-bond donors (Lipinski definition) is 0. The Hall–Kier alpha value is -2.95. The topological polar surface area (TPSA) is 0 Å². The summed E-state index contributed by atoms with van der Waals surface area (Å²) in [6.45, 7) is 0. The Kier molecular flexibility index (Phi) is 16.7. The average molecular weight is 876 g/mol. The summed E-state index contributed by atoms with van der Waals surface area (Å²) in [6.07, 6.45) is 8.98. The summed E-state index contributed by atoms with van der Waals surface area (Å²) in [6, 6.07) is 64.7. The van der Waals surface area contributed by atoms with Crippen molar-refractivity contribution in [1.82, 2.24) is 0 Å². The molecule has 0 spiro atoms. The van der Waals surface area contributed by atoms with Crippen molar-refractivity contribution in [1.29, 1.82) is 0 Å². The van der Waals surface area contributed by atoms with Gasteiger partial charge in [-0.1, -0.05) is 207 Å². The van der Waals surface area contributed by atoms with Gasteiger partial charge < -0.3 is 25.3 Å². The summed E-state index contributed by atoms with van der Waals surface area (Å²) in [5.74, 6) is 0. The van der Waals surface area contributed by atoms with E-state index in [1.165, 1.54) is 31.8 Å². The molecule has 0 unspecified atom stereocenters. The maximum Gasteiger partial charge on any atom is 2.00 e. The van der Waals surface area contributed by atoms with Crippen LogP contribution in [0.5, 0.6) is 0 Å². The third-order valence-corrected chi connectivity index (χ3v) is 13.4. The molecule has 5 heteroatoms. The van der Waals surface area contributed by atoms with Crippen LogP contribution in [0.4, 0.5) is 0 Å². The third-order valence-electron chi connectivity index (χ3n) is 7.37.